The molecule has 4 atom stereocenters. The zero-order chi connectivity index (χ0) is 12.3. The first-order valence-corrected chi connectivity index (χ1v) is 7.04. The molecular weight excluding hydrogens is 194 g/mol. The van der Waals surface area contributed by atoms with Crippen LogP contribution >= 0.6 is 0 Å². The molecule has 0 radical (unpaired) electrons. The lowest BCUT2D eigenvalue weighted by Crippen LogP contribution is -2.40. The van der Waals surface area contributed by atoms with Crippen molar-refractivity contribution in [1.82, 2.24) is 5.32 Å². The molecule has 1 nitrogen and oxygen atoms in total. The van der Waals surface area contributed by atoms with Gasteiger partial charge >= 0.3 is 0 Å². The second-order valence-electron chi connectivity index (χ2n) is 7.14. The van der Waals surface area contributed by atoms with E-state index < -0.39 is 0 Å². The van der Waals surface area contributed by atoms with Gasteiger partial charge in [0.15, 0.2) is 0 Å². The van der Waals surface area contributed by atoms with Crippen LogP contribution in [0.1, 0.15) is 60.8 Å². The van der Waals surface area contributed by atoms with Gasteiger partial charge in [0.2, 0.25) is 0 Å². The molecule has 0 spiro atoms. The van der Waals surface area contributed by atoms with Crippen molar-refractivity contribution in [3.05, 3.63) is 0 Å². The third kappa shape index (κ3) is 4.08. The van der Waals surface area contributed by atoms with Crippen LogP contribution in [0.3, 0.4) is 0 Å². The molecule has 0 heterocycles. The minimum absolute atomic E-state index is 0.431. The quantitative estimate of drug-likeness (QED) is 0.763. The zero-order valence-corrected chi connectivity index (χ0v) is 12.1. The predicted octanol–water partition coefficient (Wildman–Crippen LogP) is 4.08. The number of rotatable bonds is 3. The largest absolute Gasteiger partial charge is 0.314 e. The standard InChI is InChI=1S/C15H31N/c1-11-7-8-14(9-12(11)2)16-10-13(3)15(4,5)6/h11-14,16H,7-10H2,1-6H3. The maximum atomic E-state index is 3.78. The molecule has 4 unspecified atom stereocenters. The SMILES string of the molecule is CC1CCC(NCC(C)C(C)(C)C)CC1C. The minimum atomic E-state index is 0.431. The lowest BCUT2D eigenvalue weighted by molar-refractivity contribution is 0.197. The molecule has 1 aliphatic carbocycles. The predicted molar refractivity (Wildman–Crippen MR) is 72.6 cm³/mol. The molecule has 0 aromatic heterocycles. The Hall–Kier alpha value is -0.0400. The summed E-state index contributed by atoms with van der Waals surface area (Å²) < 4.78 is 0. The Morgan fingerprint density at radius 3 is 2.25 bits per heavy atom. The Morgan fingerprint density at radius 2 is 1.75 bits per heavy atom. The molecule has 16 heavy (non-hydrogen) atoms. The van der Waals surface area contributed by atoms with E-state index in [9.17, 15) is 0 Å². The van der Waals surface area contributed by atoms with Crippen LogP contribution in [0.2, 0.25) is 0 Å². The normalized spacial score (nSPS) is 33.8. The van der Waals surface area contributed by atoms with Crippen molar-refractivity contribution in [2.75, 3.05) is 6.54 Å². The molecule has 1 heteroatoms. The second-order valence-corrected chi connectivity index (χ2v) is 7.14. The van der Waals surface area contributed by atoms with E-state index in [1.807, 2.05) is 0 Å². The molecule has 0 saturated heterocycles. The van der Waals surface area contributed by atoms with Crippen molar-refractivity contribution >= 4 is 0 Å². The van der Waals surface area contributed by atoms with Crippen LogP contribution < -0.4 is 5.32 Å². The first-order chi connectivity index (χ1) is 7.30. The highest BCUT2D eigenvalue weighted by Crippen LogP contribution is 2.30. The van der Waals surface area contributed by atoms with Crippen molar-refractivity contribution in [2.45, 2.75) is 66.8 Å². The average molecular weight is 225 g/mol. The van der Waals surface area contributed by atoms with Crippen molar-refractivity contribution in [1.29, 1.82) is 0 Å². The van der Waals surface area contributed by atoms with Gasteiger partial charge in [-0.2, -0.15) is 0 Å². The Balaban J connectivity index is 2.29. The van der Waals surface area contributed by atoms with Gasteiger partial charge in [-0.1, -0.05) is 41.5 Å². The van der Waals surface area contributed by atoms with E-state index in [4.69, 9.17) is 0 Å². The lowest BCUT2D eigenvalue weighted by atomic mass is 9.78. The number of hydrogen-bond donors (Lipinski definition) is 1. The van der Waals surface area contributed by atoms with Gasteiger partial charge in [0.05, 0.1) is 0 Å². The molecule has 0 aliphatic heterocycles. The zero-order valence-electron chi connectivity index (χ0n) is 12.1. The van der Waals surface area contributed by atoms with Gasteiger partial charge in [0.1, 0.15) is 0 Å². The van der Waals surface area contributed by atoms with Crippen molar-refractivity contribution in [2.24, 2.45) is 23.2 Å². The van der Waals surface area contributed by atoms with Crippen LogP contribution in [0.25, 0.3) is 0 Å². The van der Waals surface area contributed by atoms with E-state index in [0.717, 1.165) is 23.8 Å². The Kier molecular flexibility index (Phi) is 4.85. The topological polar surface area (TPSA) is 12.0 Å². The summed E-state index contributed by atoms with van der Waals surface area (Å²) in [7, 11) is 0. The van der Waals surface area contributed by atoms with Crippen LogP contribution in [0.15, 0.2) is 0 Å². The minimum Gasteiger partial charge on any atom is -0.314 e. The summed E-state index contributed by atoms with van der Waals surface area (Å²) in [4.78, 5) is 0. The number of hydrogen-bond acceptors (Lipinski definition) is 1. The van der Waals surface area contributed by atoms with Gasteiger partial charge < -0.3 is 5.32 Å². The smallest absolute Gasteiger partial charge is 0.00699 e. The maximum absolute atomic E-state index is 3.78. The molecular formula is C15H31N. The van der Waals surface area contributed by atoms with E-state index in [1.54, 1.807) is 0 Å². The monoisotopic (exact) mass is 225 g/mol. The highest BCUT2D eigenvalue weighted by atomic mass is 14.9. The van der Waals surface area contributed by atoms with Gasteiger partial charge in [-0.25, -0.2) is 0 Å². The summed E-state index contributed by atoms with van der Waals surface area (Å²) in [6.45, 7) is 15.4. The van der Waals surface area contributed by atoms with E-state index in [0.29, 0.717) is 5.41 Å². The van der Waals surface area contributed by atoms with Crippen LogP contribution in [-0.2, 0) is 0 Å². The van der Waals surface area contributed by atoms with Crippen LogP contribution in [0.5, 0.6) is 0 Å². The summed E-state index contributed by atoms with van der Waals surface area (Å²) in [6.07, 6.45) is 4.16. The molecule has 0 bridgehead atoms. The summed E-state index contributed by atoms with van der Waals surface area (Å²) in [5.41, 5.74) is 0.431. The van der Waals surface area contributed by atoms with Crippen LogP contribution in [0, 0.1) is 23.2 Å². The van der Waals surface area contributed by atoms with Gasteiger partial charge in [-0.3, -0.25) is 0 Å². The van der Waals surface area contributed by atoms with E-state index >= 15 is 0 Å². The van der Waals surface area contributed by atoms with Crippen LogP contribution in [0.4, 0.5) is 0 Å². The molecule has 0 amide bonds. The third-order valence-electron chi connectivity index (χ3n) is 4.79. The summed E-state index contributed by atoms with van der Waals surface area (Å²) in [5.74, 6) is 2.58. The lowest BCUT2D eigenvalue weighted by Gasteiger charge is -2.35. The van der Waals surface area contributed by atoms with Crippen LogP contribution in [-0.4, -0.2) is 12.6 Å². The fraction of sp³-hybridized carbons (Fsp3) is 1.00. The summed E-state index contributed by atoms with van der Waals surface area (Å²) >= 11 is 0. The average Bonchev–Trinajstić information content (AvgIpc) is 2.18. The number of nitrogens with one attached hydrogen (secondary N) is 1. The summed E-state index contributed by atoms with van der Waals surface area (Å²) in [6, 6.07) is 0.774. The van der Waals surface area contributed by atoms with E-state index in [1.165, 1.54) is 25.8 Å². The van der Waals surface area contributed by atoms with Crippen molar-refractivity contribution in [3.63, 3.8) is 0 Å². The van der Waals surface area contributed by atoms with E-state index in [-0.39, 0.29) is 0 Å². The molecule has 1 rings (SSSR count). The fourth-order valence-electron chi connectivity index (χ4n) is 2.38. The van der Waals surface area contributed by atoms with Gasteiger partial charge in [0, 0.05) is 6.04 Å². The first-order valence-electron chi connectivity index (χ1n) is 7.04. The van der Waals surface area contributed by atoms with Gasteiger partial charge in [-0.15, -0.1) is 0 Å². The Morgan fingerprint density at radius 1 is 1.12 bits per heavy atom. The molecule has 0 aromatic rings. The highest BCUT2D eigenvalue weighted by Gasteiger charge is 2.26. The molecule has 1 aliphatic rings. The first kappa shape index (κ1) is 14.0. The Labute approximate surface area is 102 Å². The molecule has 1 N–H and O–H groups in total. The van der Waals surface area contributed by atoms with E-state index in [2.05, 4.69) is 46.9 Å². The van der Waals surface area contributed by atoms with Gasteiger partial charge in [-0.05, 0) is 49.0 Å². The molecule has 0 aromatic carbocycles. The third-order valence-corrected chi connectivity index (χ3v) is 4.79. The Bertz CT molecular complexity index is 204. The van der Waals surface area contributed by atoms with Crippen molar-refractivity contribution < 1.29 is 0 Å². The van der Waals surface area contributed by atoms with Gasteiger partial charge in [0.25, 0.3) is 0 Å². The fourth-order valence-corrected chi connectivity index (χ4v) is 2.38. The van der Waals surface area contributed by atoms with Crippen molar-refractivity contribution in [3.8, 4) is 0 Å². The highest BCUT2D eigenvalue weighted by molar-refractivity contribution is 4.81. The molecule has 1 fully saturated rings. The molecule has 1 saturated carbocycles. The molecule has 96 valence electrons. The summed E-state index contributed by atoms with van der Waals surface area (Å²) in [5, 5.41) is 3.78. The maximum Gasteiger partial charge on any atom is 0.00699 e. The second kappa shape index (κ2) is 5.53.